The van der Waals surface area contributed by atoms with Crippen LogP contribution >= 0.6 is 11.8 Å². The van der Waals surface area contributed by atoms with Crippen molar-refractivity contribution >= 4 is 23.1 Å². The molecule has 0 amide bonds. The normalized spacial score (nSPS) is 10.2. The molecule has 17 heavy (non-hydrogen) atoms. The number of nitro benzene ring substituents is 1. The van der Waals surface area contributed by atoms with Gasteiger partial charge in [-0.25, -0.2) is 0 Å². The van der Waals surface area contributed by atoms with E-state index in [1.165, 1.54) is 6.07 Å². The zero-order chi connectivity index (χ0) is 12.7. The molecule has 0 fully saturated rings. The first-order valence-corrected chi connectivity index (χ1v) is 6.87. The van der Waals surface area contributed by atoms with E-state index < -0.39 is 0 Å². The molecule has 4 nitrogen and oxygen atoms in total. The summed E-state index contributed by atoms with van der Waals surface area (Å²) in [7, 11) is 0. The van der Waals surface area contributed by atoms with Crippen LogP contribution < -0.4 is 5.32 Å². The average molecular weight is 254 g/mol. The molecule has 0 heterocycles. The van der Waals surface area contributed by atoms with Crippen LogP contribution in [0.2, 0.25) is 0 Å². The molecule has 0 saturated heterocycles. The lowest BCUT2D eigenvalue weighted by molar-refractivity contribution is -0.384. The van der Waals surface area contributed by atoms with Gasteiger partial charge in [0.15, 0.2) is 0 Å². The van der Waals surface area contributed by atoms with Gasteiger partial charge < -0.3 is 5.32 Å². The summed E-state index contributed by atoms with van der Waals surface area (Å²) < 4.78 is 0. The fourth-order valence-electron chi connectivity index (χ4n) is 1.46. The van der Waals surface area contributed by atoms with Crippen molar-refractivity contribution in [1.29, 1.82) is 0 Å². The molecule has 0 saturated carbocycles. The molecule has 0 bridgehead atoms. The molecule has 0 atom stereocenters. The van der Waals surface area contributed by atoms with Gasteiger partial charge >= 0.3 is 0 Å². The van der Waals surface area contributed by atoms with E-state index in [-0.39, 0.29) is 10.6 Å². The fourth-order valence-corrected chi connectivity index (χ4v) is 2.09. The molecule has 0 aliphatic rings. The van der Waals surface area contributed by atoms with E-state index in [0.717, 1.165) is 35.7 Å². The largest absolute Gasteiger partial charge is 0.385 e. The molecule has 0 radical (unpaired) electrons. The average Bonchev–Trinajstić information content (AvgIpc) is 2.30. The Morgan fingerprint density at radius 3 is 2.88 bits per heavy atom. The van der Waals surface area contributed by atoms with Crippen LogP contribution in [0.25, 0.3) is 0 Å². The van der Waals surface area contributed by atoms with Gasteiger partial charge in [0, 0.05) is 24.4 Å². The predicted octanol–water partition coefficient (Wildman–Crippen LogP) is 3.46. The van der Waals surface area contributed by atoms with Gasteiger partial charge in [-0.1, -0.05) is 13.0 Å². The zero-order valence-corrected chi connectivity index (χ0v) is 11.0. The molecule has 0 aromatic heterocycles. The first-order valence-electron chi connectivity index (χ1n) is 5.71. The predicted molar refractivity (Wildman–Crippen MR) is 73.9 cm³/mol. The number of nitro groups is 1. The van der Waals surface area contributed by atoms with Crippen LogP contribution in [0.4, 0.5) is 11.4 Å². The number of nitrogens with one attached hydrogen (secondary N) is 1. The van der Waals surface area contributed by atoms with Crippen LogP contribution in [0.5, 0.6) is 0 Å². The molecular weight excluding hydrogens is 236 g/mol. The summed E-state index contributed by atoms with van der Waals surface area (Å²) in [5.74, 6) is 2.26. The summed E-state index contributed by atoms with van der Waals surface area (Å²) in [6.45, 7) is 4.95. The minimum Gasteiger partial charge on any atom is -0.385 e. The van der Waals surface area contributed by atoms with E-state index in [9.17, 15) is 10.1 Å². The van der Waals surface area contributed by atoms with Crippen LogP contribution in [0.1, 0.15) is 18.9 Å². The summed E-state index contributed by atoms with van der Waals surface area (Å²) in [6, 6.07) is 4.91. The third-order valence-electron chi connectivity index (χ3n) is 2.42. The molecule has 0 aliphatic carbocycles. The topological polar surface area (TPSA) is 55.2 Å². The lowest BCUT2D eigenvalue weighted by atomic mass is 10.2. The van der Waals surface area contributed by atoms with Gasteiger partial charge in [0.25, 0.3) is 5.69 Å². The summed E-state index contributed by atoms with van der Waals surface area (Å²) in [5, 5.41) is 13.9. The van der Waals surface area contributed by atoms with E-state index in [2.05, 4.69) is 12.2 Å². The number of hydrogen-bond acceptors (Lipinski definition) is 4. The first kappa shape index (κ1) is 13.8. The van der Waals surface area contributed by atoms with Crippen LogP contribution in [0.3, 0.4) is 0 Å². The Bertz CT molecular complexity index is 383. The summed E-state index contributed by atoms with van der Waals surface area (Å²) in [5.41, 5.74) is 2.04. The molecular formula is C12H18N2O2S. The van der Waals surface area contributed by atoms with E-state index in [0.29, 0.717) is 0 Å². The van der Waals surface area contributed by atoms with E-state index in [1.54, 1.807) is 12.1 Å². The summed E-state index contributed by atoms with van der Waals surface area (Å²) in [6.07, 6.45) is 1.07. The first-order chi connectivity index (χ1) is 8.15. The number of thioether (sulfide) groups is 1. The molecule has 0 aliphatic heterocycles. The molecule has 94 valence electrons. The molecule has 5 heteroatoms. The maximum atomic E-state index is 10.7. The van der Waals surface area contributed by atoms with Crippen LogP contribution in [-0.2, 0) is 0 Å². The zero-order valence-electron chi connectivity index (χ0n) is 10.2. The Morgan fingerprint density at radius 1 is 1.47 bits per heavy atom. The van der Waals surface area contributed by atoms with Crippen molar-refractivity contribution in [1.82, 2.24) is 0 Å². The second kappa shape index (κ2) is 7.17. The highest BCUT2D eigenvalue weighted by molar-refractivity contribution is 7.99. The fraction of sp³-hybridized carbons (Fsp3) is 0.500. The van der Waals surface area contributed by atoms with Gasteiger partial charge in [0.2, 0.25) is 0 Å². The van der Waals surface area contributed by atoms with Crippen molar-refractivity contribution in [3.05, 3.63) is 33.9 Å². The SMILES string of the molecule is CCSCCCNc1cc([N+](=O)[O-])ccc1C. The van der Waals surface area contributed by atoms with Crippen molar-refractivity contribution < 1.29 is 4.92 Å². The quantitative estimate of drug-likeness (QED) is 0.460. The molecule has 0 spiro atoms. The van der Waals surface area contributed by atoms with Gasteiger partial charge in [-0.3, -0.25) is 10.1 Å². The van der Waals surface area contributed by atoms with Crippen LogP contribution in [0.15, 0.2) is 18.2 Å². The summed E-state index contributed by atoms with van der Waals surface area (Å²) >= 11 is 1.91. The number of anilines is 1. The molecule has 1 rings (SSSR count). The van der Waals surface area contributed by atoms with Gasteiger partial charge in [-0.2, -0.15) is 11.8 Å². The maximum Gasteiger partial charge on any atom is 0.271 e. The highest BCUT2D eigenvalue weighted by atomic mass is 32.2. The second-order valence-corrected chi connectivity index (χ2v) is 5.13. The summed E-state index contributed by atoms with van der Waals surface area (Å²) in [4.78, 5) is 10.3. The number of nitrogens with zero attached hydrogens (tertiary/aromatic N) is 1. The number of benzene rings is 1. The molecule has 1 aromatic carbocycles. The third kappa shape index (κ3) is 4.65. The van der Waals surface area contributed by atoms with Crippen molar-refractivity contribution in [2.24, 2.45) is 0 Å². The van der Waals surface area contributed by atoms with Crippen LogP contribution in [0, 0.1) is 17.0 Å². The lowest BCUT2D eigenvalue weighted by Gasteiger charge is -2.08. The monoisotopic (exact) mass is 254 g/mol. The third-order valence-corrected chi connectivity index (χ3v) is 3.40. The Morgan fingerprint density at radius 2 is 2.24 bits per heavy atom. The van der Waals surface area contributed by atoms with E-state index in [4.69, 9.17) is 0 Å². The Kier molecular flexibility index (Phi) is 5.83. The second-order valence-electron chi connectivity index (χ2n) is 3.73. The number of hydrogen-bond donors (Lipinski definition) is 1. The molecule has 1 aromatic rings. The molecule has 0 unspecified atom stereocenters. The minimum atomic E-state index is -0.364. The Balaban J connectivity index is 2.51. The Hall–Kier alpha value is -1.23. The van der Waals surface area contributed by atoms with Gasteiger partial charge in [0.05, 0.1) is 4.92 Å². The van der Waals surface area contributed by atoms with Gasteiger partial charge in [-0.05, 0) is 30.4 Å². The molecule has 1 N–H and O–H groups in total. The van der Waals surface area contributed by atoms with Crippen molar-refractivity contribution in [2.75, 3.05) is 23.4 Å². The highest BCUT2D eigenvalue weighted by Crippen LogP contribution is 2.21. The van der Waals surface area contributed by atoms with Gasteiger partial charge in [0.1, 0.15) is 0 Å². The Labute approximate surface area is 106 Å². The lowest BCUT2D eigenvalue weighted by Crippen LogP contribution is -2.04. The number of aryl methyl sites for hydroxylation is 1. The van der Waals surface area contributed by atoms with Crippen LogP contribution in [-0.4, -0.2) is 23.0 Å². The maximum absolute atomic E-state index is 10.7. The van der Waals surface area contributed by atoms with E-state index in [1.807, 2.05) is 18.7 Å². The van der Waals surface area contributed by atoms with Crippen molar-refractivity contribution in [2.45, 2.75) is 20.3 Å². The van der Waals surface area contributed by atoms with Gasteiger partial charge in [-0.15, -0.1) is 0 Å². The minimum absolute atomic E-state index is 0.140. The standard InChI is InChI=1S/C12H18N2O2S/c1-3-17-8-4-7-13-12-9-11(14(15)16)6-5-10(12)2/h5-6,9,13H,3-4,7-8H2,1-2H3. The van der Waals surface area contributed by atoms with Crippen molar-refractivity contribution in [3.8, 4) is 0 Å². The number of non-ortho nitro benzene ring substituents is 1. The van der Waals surface area contributed by atoms with Crippen molar-refractivity contribution in [3.63, 3.8) is 0 Å². The van der Waals surface area contributed by atoms with E-state index >= 15 is 0 Å². The number of rotatable bonds is 7. The highest BCUT2D eigenvalue weighted by Gasteiger charge is 2.07. The smallest absolute Gasteiger partial charge is 0.271 e.